The maximum Gasteiger partial charge on any atom is 0.256 e. The number of carbonyl (C=O) groups excluding carboxylic acids is 1. The fourth-order valence-corrected chi connectivity index (χ4v) is 4.13. The second kappa shape index (κ2) is 6.02. The Morgan fingerprint density at radius 3 is 2.55 bits per heavy atom. The van der Waals surface area contributed by atoms with E-state index in [1.807, 2.05) is 0 Å². The molecule has 2 heterocycles. The maximum atomic E-state index is 12.8. The Kier molecular flexibility index (Phi) is 4.25. The summed E-state index contributed by atoms with van der Waals surface area (Å²) in [4.78, 5) is 14.3. The smallest absolute Gasteiger partial charge is 0.256 e. The topological polar surface area (TPSA) is 63.7 Å². The summed E-state index contributed by atoms with van der Waals surface area (Å²) in [6.07, 6.45) is 2.54. The van der Waals surface area contributed by atoms with Gasteiger partial charge >= 0.3 is 0 Å². The largest absolute Gasteiger partial charge is 0.368 e. The number of hydrogen-bond donors (Lipinski definition) is 0. The Hall–Kier alpha value is -1.37. The number of halogens is 1. The van der Waals surface area contributed by atoms with Gasteiger partial charge in [-0.25, -0.2) is 8.42 Å². The van der Waals surface area contributed by atoms with Crippen LogP contribution in [0.15, 0.2) is 35.7 Å². The zero-order valence-electron chi connectivity index (χ0n) is 11.8. The van der Waals surface area contributed by atoms with E-state index in [2.05, 4.69) is 0 Å². The lowest BCUT2D eigenvalue weighted by atomic mass is 10.1. The molecule has 1 fully saturated rings. The molecule has 2 atom stereocenters. The first-order chi connectivity index (χ1) is 10.5. The van der Waals surface area contributed by atoms with Crippen molar-refractivity contribution in [3.8, 4) is 0 Å². The number of nitrogens with zero attached hydrogens (tertiary/aromatic N) is 1. The number of rotatable bonds is 3. The number of hydrogen-bond acceptors (Lipinski definition) is 4. The van der Waals surface area contributed by atoms with Crippen LogP contribution >= 0.6 is 11.6 Å². The highest BCUT2D eigenvalue weighted by Gasteiger charge is 2.36. The monoisotopic (exact) mass is 341 g/mol. The predicted octanol–water partition coefficient (Wildman–Crippen LogP) is 2.16. The van der Waals surface area contributed by atoms with Gasteiger partial charge in [-0.1, -0.05) is 11.6 Å². The zero-order chi connectivity index (χ0) is 15.7. The summed E-state index contributed by atoms with van der Waals surface area (Å²) in [5, 5.41) is 1.73. The summed E-state index contributed by atoms with van der Waals surface area (Å²) in [5.74, 6) is -0.305. The minimum Gasteiger partial charge on any atom is -0.368 e. The van der Waals surface area contributed by atoms with Crippen LogP contribution in [0.3, 0.4) is 0 Å². The van der Waals surface area contributed by atoms with Gasteiger partial charge in [-0.3, -0.25) is 4.79 Å². The van der Waals surface area contributed by atoms with Crippen molar-refractivity contribution < 1.29 is 17.9 Å². The lowest BCUT2D eigenvalue weighted by Crippen LogP contribution is -2.46. The van der Waals surface area contributed by atoms with Gasteiger partial charge in [0.25, 0.3) is 5.91 Å². The number of ether oxygens (including phenoxy) is 1. The molecular weight excluding hydrogens is 326 g/mol. The van der Waals surface area contributed by atoms with Crippen molar-refractivity contribution >= 4 is 33.0 Å². The fraction of sp³-hybridized carbons (Fsp3) is 0.400. The van der Waals surface area contributed by atoms with Crippen LogP contribution in [0, 0.1) is 0 Å². The van der Waals surface area contributed by atoms with Crippen molar-refractivity contribution in [1.82, 2.24) is 0 Å². The molecule has 0 bridgehead atoms. The van der Waals surface area contributed by atoms with Gasteiger partial charge < -0.3 is 9.64 Å². The minimum atomic E-state index is -3.26. The average Bonchev–Trinajstić information content (AvgIpc) is 3.11. The molecule has 22 heavy (non-hydrogen) atoms. The van der Waals surface area contributed by atoms with E-state index in [-0.39, 0.29) is 11.7 Å². The van der Waals surface area contributed by atoms with Gasteiger partial charge in [0.1, 0.15) is 6.10 Å². The second-order valence-corrected chi connectivity index (χ2v) is 7.78. The highest BCUT2D eigenvalue weighted by Crippen LogP contribution is 2.27. The van der Waals surface area contributed by atoms with Gasteiger partial charge in [-0.05, 0) is 43.2 Å². The van der Waals surface area contributed by atoms with E-state index in [0.717, 1.165) is 6.42 Å². The SMILES string of the molecule is O=C([C@H]1CCCO1)N(c1ccc(Cl)cc1)[C@@H]1C=CS(=O)(=O)C1. The Bertz CT molecular complexity index is 693. The van der Waals surface area contributed by atoms with Gasteiger partial charge in [0, 0.05) is 22.7 Å². The van der Waals surface area contributed by atoms with Crippen LogP contribution in [-0.4, -0.2) is 38.8 Å². The van der Waals surface area contributed by atoms with Crippen molar-refractivity contribution in [2.24, 2.45) is 0 Å². The van der Waals surface area contributed by atoms with Gasteiger partial charge in [0.15, 0.2) is 9.84 Å². The summed E-state index contributed by atoms with van der Waals surface area (Å²) in [5.41, 5.74) is 0.622. The van der Waals surface area contributed by atoms with Crippen LogP contribution in [0.1, 0.15) is 12.8 Å². The molecule has 2 aliphatic heterocycles. The highest BCUT2D eigenvalue weighted by molar-refractivity contribution is 7.94. The van der Waals surface area contributed by atoms with Crippen LogP contribution in [0.25, 0.3) is 0 Å². The van der Waals surface area contributed by atoms with Crippen molar-refractivity contribution in [3.63, 3.8) is 0 Å². The molecule has 0 aromatic heterocycles. The molecule has 0 N–H and O–H groups in total. The third kappa shape index (κ3) is 3.19. The molecule has 0 aliphatic carbocycles. The van der Waals surface area contributed by atoms with Crippen LogP contribution in [-0.2, 0) is 19.4 Å². The molecule has 0 unspecified atom stereocenters. The summed E-state index contributed by atoms with van der Waals surface area (Å²) in [6.45, 7) is 0.559. The molecule has 7 heteroatoms. The van der Waals surface area contributed by atoms with Crippen LogP contribution in [0.2, 0.25) is 5.02 Å². The van der Waals surface area contributed by atoms with Gasteiger partial charge in [-0.15, -0.1) is 0 Å². The van der Waals surface area contributed by atoms with Gasteiger partial charge in [-0.2, -0.15) is 0 Å². The van der Waals surface area contributed by atoms with Gasteiger partial charge in [0.2, 0.25) is 0 Å². The highest BCUT2D eigenvalue weighted by atomic mass is 35.5. The molecule has 0 radical (unpaired) electrons. The lowest BCUT2D eigenvalue weighted by molar-refractivity contribution is -0.127. The van der Waals surface area contributed by atoms with E-state index in [1.54, 1.807) is 30.3 Å². The molecule has 1 amide bonds. The second-order valence-electron chi connectivity index (χ2n) is 5.41. The molecule has 1 aromatic carbocycles. The summed E-state index contributed by atoms with van der Waals surface area (Å²) >= 11 is 5.89. The maximum absolute atomic E-state index is 12.8. The molecule has 118 valence electrons. The molecule has 0 saturated carbocycles. The third-order valence-corrected chi connectivity index (χ3v) is 5.42. The van der Waals surface area contributed by atoms with Crippen molar-refractivity contribution in [3.05, 3.63) is 40.8 Å². The third-order valence-electron chi connectivity index (χ3n) is 3.79. The van der Waals surface area contributed by atoms with E-state index in [4.69, 9.17) is 16.3 Å². The molecule has 5 nitrogen and oxygen atoms in total. The van der Waals surface area contributed by atoms with Crippen LogP contribution in [0.5, 0.6) is 0 Å². The number of carbonyl (C=O) groups is 1. The quantitative estimate of drug-likeness (QED) is 0.845. The van der Waals surface area contributed by atoms with Crippen LogP contribution < -0.4 is 4.90 Å². The van der Waals surface area contributed by atoms with Crippen molar-refractivity contribution in [2.45, 2.75) is 25.0 Å². The number of benzene rings is 1. The number of sulfone groups is 1. The predicted molar refractivity (Wildman–Crippen MR) is 84.6 cm³/mol. The molecule has 1 aromatic rings. The van der Waals surface area contributed by atoms with E-state index < -0.39 is 22.0 Å². The number of amides is 1. The fourth-order valence-electron chi connectivity index (χ4n) is 2.73. The van der Waals surface area contributed by atoms with E-state index in [1.165, 1.54) is 10.3 Å². The number of anilines is 1. The Morgan fingerprint density at radius 1 is 1.27 bits per heavy atom. The summed E-state index contributed by atoms with van der Waals surface area (Å²) in [6, 6.07) is 6.28. The molecule has 0 spiro atoms. The Balaban J connectivity index is 1.93. The van der Waals surface area contributed by atoms with E-state index in [9.17, 15) is 13.2 Å². The first-order valence-electron chi connectivity index (χ1n) is 7.07. The van der Waals surface area contributed by atoms with Gasteiger partial charge in [0.05, 0.1) is 11.8 Å². The summed E-state index contributed by atoms with van der Waals surface area (Å²) < 4.78 is 28.9. The van der Waals surface area contributed by atoms with Crippen molar-refractivity contribution in [2.75, 3.05) is 17.3 Å². The van der Waals surface area contributed by atoms with E-state index in [0.29, 0.717) is 23.7 Å². The first kappa shape index (κ1) is 15.5. The first-order valence-corrected chi connectivity index (χ1v) is 9.17. The molecule has 3 rings (SSSR count). The average molecular weight is 342 g/mol. The van der Waals surface area contributed by atoms with Crippen molar-refractivity contribution in [1.29, 1.82) is 0 Å². The Morgan fingerprint density at radius 2 is 2.00 bits per heavy atom. The lowest BCUT2D eigenvalue weighted by Gasteiger charge is -2.29. The molecular formula is C15H16ClNO4S. The standard InChI is InChI=1S/C15H16ClNO4S/c16-11-3-5-12(6-4-11)17(13-7-9-22(19,20)10-13)15(18)14-2-1-8-21-14/h3-7,9,13-14H,1-2,8,10H2/t13-,14-/m1/s1. The van der Waals surface area contributed by atoms with E-state index >= 15 is 0 Å². The Labute approximate surface area is 134 Å². The minimum absolute atomic E-state index is 0.103. The summed E-state index contributed by atoms with van der Waals surface area (Å²) in [7, 11) is -3.26. The molecule has 2 aliphatic rings. The van der Waals surface area contributed by atoms with Crippen LogP contribution in [0.4, 0.5) is 5.69 Å². The normalized spacial score (nSPS) is 26.2. The zero-order valence-corrected chi connectivity index (χ0v) is 13.4. The molecule has 1 saturated heterocycles.